The van der Waals surface area contributed by atoms with E-state index in [0.29, 0.717) is 5.56 Å². The number of hydrogen-bond acceptors (Lipinski definition) is 6. The maximum absolute atomic E-state index is 14.4. The molecule has 3 heterocycles. The fourth-order valence-corrected chi connectivity index (χ4v) is 9.63. The number of halogens is 4. The van der Waals surface area contributed by atoms with Crippen molar-refractivity contribution in [3.63, 3.8) is 0 Å². The standard InChI is InChI=1S/C52H52Cl4N2O4/c1-50(2,3)60-39-23-15-35(16-24-39)41(33-11-19-37(20-12-33)57-27-7-8-28-57)31-52(44-43(49(59)62-52)45(53)47(55)48(56)46(44)54)32-42(36-17-25-40(26-18-36)61-51(4,5)6)34-13-21-38(22-14-34)58-29-9-10-30-58/h11-26,31-32H,7-10,27-30H2,1-6H3. The Morgan fingerprint density at radius 3 is 1.23 bits per heavy atom. The Hall–Kier alpha value is -4.59. The summed E-state index contributed by atoms with van der Waals surface area (Å²) in [6.45, 7) is 16.2. The van der Waals surface area contributed by atoms with Crippen molar-refractivity contribution in [1.82, 2.24) is 0 Å². The molecule has 6 nitrogen and oxygen atoms in total. The highest BCUT2D eigenvalue weighted by atomic mass is 35.5. The molecular formula is C52H52Cl4N2O4. The lowest BCUT2D eigenvalue weighted by Gasteiger charge is -2.28. The van der Waals surface area contributed by atoms with Crippen LogP contribution < -0.4 is 19.3 Å². The van der Waals surface area contributed by atoms with Crippen LogP contribution in [0.4, 0.5) is 11.4 Å². The van der Waals surface area contributed by atoms with Gasteiger partial charge in [0.1, 0.15) is 22.7 Å². The number of fused-ring (bicyclic) bond motifs is 1. The predicted molar refractivity (Wildman–Crippen MR) is 257 cm³/mol. The number of cyclic esters (lactones) is 1. The van der Waals surface area contributed by atoms with Crippen LogP contribution >= 0.6 is 46.4 Å². The molecule has 8 rings (SSSR count). The van der Waals surface area contributed by atoms with E-state index in [0.717, 1.165) is 82.5 Å². The Balaban J connectivity index is 1.39. The first-order valence-electron chi connectivity index (χ1n) is 21.3. The summed E-state index contributed by atoms with van der Waals surface area (Å²) in [6.07, 6.45) is 8.59. The Labute approximate surface area is 386 Å². The van der Waals surface area contributed by atoms with E-state index in [1.165, 1.54) is 25.7 Å². The molecule has 5 aromatic rings. The van der Waals surface area contributed by atoms with Gasteiger partial charge in [-0.1, -0.05) is 94.9 Å². The van der Waals surface area contributed by atoms with E-state index in [9.17, 15) is 4.79 Å². The van der Waals surface area contributed by atoms with Gasteiger partial charge < -0.3 is 24.0 Å². The van der Waals surface area contributed by atoms with Crippen LogP contribution in [0, 0.1) is 0 Å². The first-order chi connectivity index (χ1) is 29.5. The summed E-state index contributed by atoms with van der Waals surface area (Å²) in [6, 6.07) is 33.0. The van der Waals surface area contributed by atoms with E-state index >= 15 is 0 Å². The Morgan fingerprint density at radius 1 is 0.532 bits per heavy atom. The number of benzene rings is 5. The summed E-state index contributed by atoms with van der Waals surface area (Å²) in [5.74, 6) is 0.785. The fraction of sp³-hybridized carbons (Fsp3) is 0.327. The van der Waals surface area contributed by atoms with Crippen molar-refractivity contribution in [3.05, 3.63) is 163 Å². The average Bonchev–Trinajstić information content (AvgIpc) is 4.03. The summed E-state index contributed by atoms with van der Waals surface area (Å²) < 4.78 is 19.2. The summed E-state index contributed by atoms with van der Waals surface area (Å²) in [5.41, 5.74) is 5.35. The molecule has 62 heavy (non-hydrogen) atoms. The monoisotopic (exact) mass is 908 g/mol. The van der Waals surface area contributed by atoms with Crippen LogP contribution in [0.15, 0.2) is 109 Å². The fourth-order valence-electron chi connectivity index (χ4n) is 8.55. The van der Waals surface area contributed by atoms with Gasteiger partial charge >= 0.3 is 5.97 Å². The predicted octanol–water partition coefficient (Wildman–Crippen LogP) is 14.5. The third-order valence-electron chi connectivity index (χ3n) is 11.3. The molecule has 2 fully saturated rings. The van der Waals surface area contributed by atoms with Crippen molar-refractivity contribution in [1.29, 1.82) is 0 Å². The Kier molecular flexibility index (Phi) is 12.4. The summed E-state index contributed by atoms with van der Waals surface area (Å²) >= 11 is 27.7. The van der Waals surface area contributed by atoms with Crippen LogP contribution in [-0.4, -0.2) is 43.4 Å². The van der Waals surface area contributed by atoms with Crippen LogP contribution in [0.3, 0.4) is 0 Å². The zero-order chi connectivity index (χ0) is 44.0. The van der Waals surface area contributed by atoms with E-state index in [1.807, 2.05) is 102 Å². The smallest absolute Gasteiger partial charge is 0.341 e. The number of carbonyl (C=O) groups is 1. The minimum Gasteiger partial charge on any atom is -0.488 e. The molecule has 2 saturated heterocycles. The summed E-state index contributed by atoms with van der Waals surface area (Å²) in [7, 11) is 0. The van der Waals surface area contributed by atoms with Crippen LogP contribution in [0.25, 0.3) is 11.1 Å². The largest absolute Gasteiger partial charge is 0.488 e. The maximum atomic E-state index is 14.4. The molecular weight excluding hydrogens is 858 g/mol. The normalized spacial score (nSPS) is 18.3. The lowest BCUT2D eigenvalue weighted by atomic mass is 9.83. The van der Waals surface area contributed by atoms with Gasteiger partial charge in [0.2, 0.25) is 0 Å². The van der Waals surface area contributed by atoms with Gasteiger partial charge in [0.25, 0.3) is 0 Å². The Bertz CT molecular complexity index is 2370. The highest BCUT2D eigenvalue weighted by Gasteiger charge is 2.48. The van der Waals surface area contributed by atoms with Gasteiger partial charge in [-0.25, -0.2) is 4.79 Å². The second-order valence-electron chi connectivity index (χ2n) is 18.3. The molecule has 0 spiro atoms. The molecule has 0 bridgehead atoms. The maximum Gasteiger partial charge on any atom is 0.341 e. The van der Waals surface area contributed by atoms with E-state index in [1.54, 1.807) is 0 Å². The van der Waals surface area contributed by atoms with Crippen molar-refractivity contribution in [3.8, 4) is 11.5 Å². The number of ether oxygens (including phenoxy) is 3. The highest BCUT2D eigenvalue weighted by molar-refractivity contribution is 6.53. The zero-order valence-electron chi connectivity index (χ0n) is 36.1. The third kappa shape index (κ3) is 9.36. The molecule has 322 valence electrons. The number of anilines is 2. The molecule has 3 aliphatic rings. The first-order valence-corrected chi connectivity index (χ1v) is 22.8. The molecule has 0 unspecified atom stereocenters. The van der Waals surface area contributed by atoms with Crippen LogP contribution in [0.5, 0.6) is 11.5 Å². The molecule has 0 aromatic heterocycles. The molecule has 0 radical (unpaired) electrons. The van der Waals surface area contributed by atoms with Crippen LogP contribution in [-0.2, 0) is 10.3 Å². The van der Waals surface area contributed by atoms with Crippen molar-refractivity contribution in [2.24, 2.45) is 0 Å². The first kappa shape index (κ1) is 44.0. The number of hydrogen-bond donors (Lipinski definition) is 0. The van der Waals surface area contributed by atoms with E-state index < -0.39 is 11.6 Å². The average molecular weight is 911 g/mol. The minimum atomic E-state index is -1.64. The molecule has 0 N–H and O–H groups in total. The highest BCUT2D eigenvalue weighted by Crippen LogP contribution is 2.54. The SMILES string of the molecule is CC(C)(C)Oc1ccc(C(=CC2(C=C(c3ccc(OC(C)(C)C)cc3)c3ccc(N4CCCC4)cc3)OC(=O)c3c(Cl)c(Cl)c(Cl)c(Cl)c32)c2ccc(N3CCCC3)cc2)cc1. The molecule has 0 saturated carbocycles. The molecule has 0 aliphatic carbocycles. The quantitative estimate of drug-likeness (QED) is 0.0790. The topological polar surface area (TPSA) is 51.2 Å². The van der Waals surface area contributed by atoms with Gasteiger partial charge in [-0.15, -0.1) is 0 Å². The number of carbonyl (C=O) groups excluding carboxylic acids is 1. The third-order valence-corrected chi connectivity index (χ3v) is 13.1. The molecule has 5 aromatic carbocycles. The van der Waals surface area contributed by atoms with E-state index in [4.69, 9.17) is 60.6 Å². The Morgan fingerprint density at radius 2 is 0.871 bits per heavy atom. The molecule has 10 heteroatoms. The van der Waals surface area contributed by atoms with Crippen molar-refractivity contribution in [2.45, 2.75) is 84.0 Å². The lowest BCUT2D eigenvalue weighted by molar-refractivity contribution is 0.0300. The second-order valence-corrected chi connectivity index (χ2v) is 19.8. The summed E-state index contributed by atoms with van der Waals surface area (Å²) in [4.78, 5) is 19.2. The van der Waals surface area contributed by atoms with Crippen LogP contribution in [0.1, 0.15) is 105 Å². The van der Waals surface area contributed by atoms with Crippen molar-refractivity contribution in [2.75, 3.05) is 36.0 Å². The molecule has 3 aliphatic heterocycles. The zero-order valence-corrected chi connectivity index (χ0v) is 39.1. The van der Waals surface area contributed by atoms with E-state index in [-0.39, 0.29) is 36.9 Å². The van der Waals surface area contributed by atoms with Gasteiger partial charge in [0.05, 0.1) is 25.7 Å². The van der Waals surface area contributed by atoms with Crippen molar-refractivity contribution >= 4 is 74.9 Å². The van der Waals surface area contributed by atoms with Gasteiger partial charge in [-0.05, 0) is 161 Å². The summed E-state index contributed by atoms with van der Waals surface area (Å²) in [5, 5.41) is 0.0638. The minimum absolute atomic E-state index is 0.0166. The lowest BCUT2D eigenvalue weighted by Crippen LogP contribution is -2.23. The number of esters is 1. The van der Waals surface area contributed by atoms with Gasteiger partial charge in [0.15, 0.2) is 5.60 Å². The van der Waals surface area contributed by atoms with Gasteiger partial charge in [0, 0.05) is 43.1 Å². The van der Waals surface area contributed by atoms with E-state index in [2.05, 4.69) is 58.3 Å². The van der Waals surface area contributed by atoms with Crippen LogP contribution in [0.2, 0.25) is 20.1 Å². The van der Waals surface area contributed by atoms with Gasteiger partial charge in [-0.3, -0.25) is 0 Å². The number of rotatable bonds is 10. The number of nitrogens with zero attached hydrogens (tertiary/aromatic N) is 2. The molecule has 0 amide bonds. The van der Waals surface area contributed by atoms with Gasteiger partial charge in [-0.2, -0.15) is 0 Å². The second kappa shape index (κ2) is 17.5. The van der Waals surface area contributed by atoms with Crippen molar-refractivity contribution < 1.29 is 19.0 Å². The molecule has 0 atom stereocenters.